The van der Waals surface area contributed by atoms with E-state index in [1.807, 2.05) is 18.3 Å². The first kappa shape index (κ1) is 15.3. The first-order valence-electron chi connectivity index (χ1n) is 7.73. The predicted octanol–water partition coefficient (Wildman–Crippen LogP) is 1.71. The van der Waals surface area contributed by atoms with Crippen LogP contribution in [0, 0.1) is 11.3 Å². The quantitative estimate of drug-likeness (QED) is 0.927. The Kier molecular flexibility index (Phi) is 4.69. The molecule has 0 aliphatic carbocycles. The first-order valence-corrected chi connectivity index (χ1v) is 7.73. The summed E-state index contributed by atoms with van der Waals surface area (Å²) in [5, 5.41) is 12.0. The molecule has 2 aromatic rings. The summed E-state index contributed by atoms with van der Waals surface area (Å²) in [5.74, 6) is 1.04. The standard InChI is InChI=1S/C17H20N6/c1-22-6-8-23(9-7-22)17-5-2-14(12-21-17)11-19-16-4-3-15(10-18)20-13-16/h2-5,12-13,19H,6-9,11H2,1H3. The molecule has 2 aromatic heterocycles. The van der Waals surface area contributed by atoms with E-state index in [0.717, 1.165) is 43.2 Å². The van der Waals surface area contributed by atoms with Gasteiger partial charge in [-0.25, -0.2) is 9.97 Å². The molecule has 0 bridgehead atoms. The van der Waals surface area contributed by atoms with Gasteiger partial charge in [0.05, 0.1) is 11.9 Å². The van der Waals surface area contributed by atoms with E-state index in [1.165, 1.54) is 0 Å². The predicted molar refractivity (Wildman–Crippen MR) is 90.2 cm³/mol. The molecule has 0 unspecified atom stereocenters. The Morgan fingerprint density at radius 1 is 1.09 bits per heavy atom. The van der Waals surface area contributed by atoms with Gasteiger partial charge in [0.25, 0.3) is 0 Å². The highest BCUT2D eigenvalue weighted by molar-refractivity contribution is 5.44. The Morgan fingerprint density at radius 2 is 1.91 bits per heavy atom. The molecule has 1 N–H and O–H groups in total. The number of nitrogens with one attached hydrogen (secondary N) is 1. The summed E-state index contributed by atoms with van der Waals surface area (Å²) in [6.45, 7) is 4.90. The van der Waals surface area contributed by atoms with Gasteiger partial charge in [-0.1, -0.05) is 6.07 Å². The summed E-state index contributed by atoms with van der Waals surface area (Å²) in [6, 6.07) is 9.76. The Bertz CT molecular complexity index is 666. The third-order valence-electron chi connectivity index (χ3n) is 4.01. The van der Waals surface area contributed by atoms with Crippen LogP contribution in [0.5, 0.6) is 0 Å². The maximum Gasteiger partial charge on any atom is 0.140 e. The van der Waals surface area contributed by atoms with E-state index in [9.17, 15) is 0 Å². The third kappa shape index (κ3) is 3.96. The maximum absolute atomic E-state index is 8.74. The number of piperazine rings is 1. The number of aromatic nitrogens is 2. The lowest BCUT2D eigenvalue weighted by molar-refractivity contribution is 0.312. The Hall–Kier alpha value is -2.65. The van der Waals surface area contributed by atoms with Crippen LogP contribution < -0.4 is 10.2 Å². The van der Waals surface area contributed by atoms with Crippen LogP contribution in [0.25, 0.3) is 0 Å². The molecule has 0 spiro atoms. The number of anilines is 2. The zero-order valence-electron chi connectivity index (χ0n) is 13.2. The molecule has 0 saturated carbocycles. The maximum atomic E-state index is 8.74. The van der Waals surface area contributed by atoms with Gasteiger partial charge < -0.3 is 15.1 Å². The van der Waals surface area contributed by atoms with Crippen LogP contribution in [0.4, 0.5) is 11.5 Å². The number of pyridine rings is 2. The lowest BCUT2D eigenvalue weighted by Gasteiger charge is -2.33. The number of likely N-dealkylation sites (N-methyl/N-ethyl adjacent to an activating group) is 1. The van der Waals surface area contributed by atoms with Crippen molar-refractivity contribution in [3.05, 3.63) is 47.9 Å². The van der Waals surface area contributed by atoms with Crippen LogP contribution in [-0.4, -0.2) is 48.1 Å². The second kappa shape index (κ2) is 7.07. The van der Waals surface area contributed by atoms with Crippen LogP contribution in [0.15, 0.2) is 36.7 Å². The molecule has 0 aromatic carbocycles. The van der Waals surface area contributed by atoms with Crippen molar-refractivity contribution in [3.63, 3.8) is 0 Å². The van der Waals surface area contributed by atoms with Crippen LogP contribution in [0.1, 0.15) is 11.3 Å². The molecule has 6 nitrogen and oxygen atoms in total. The van der Waals surface area contributed by atoms with E-state index in [1.54, 1.807) is 12.3 Å². The van der Waals surface area contributed by atoms with Gasteiger partial charge in [0, 0.05) is 38.9 Å². The van der Waals surface area contributed by atoms with E-state index in [4.69, 9.17) is 5.26 Å². The minimum absolute atomic E-state index is 0.425. The van der Waals surface area contributed by atoms with Gasteiger partial charge >= 0.3 is 0 Å². The van der Waals surface area contributed by atoms with E-state index >= 15 is 0 Å². The van der Waals surface area contributed by atoms with Crippen LogP contribution >= 0.6 is 0 Å². The summed E-state index contributed by atoms with van der Waals surface area (Å²) in [4.78, 5) is 13.3. The van der Waals surface area contributed by atoms with Crippen molar-refractivity contribution in [1.82, 2.24) is 14.9 Å². The zero-order valence-corrected chi connectivity index (χ0v) is 13.2. The van der Waals surface area contributed by atoms with Crippen molar-refractivity contribution in [2.24, 2.45) is 0 Å². The highest BCUT2D eigenvalue weighted by atomic mass is 15.3. The fraction of sp³-hybridized carbons (Fsp3) is 0.353. The van der Waals surface area contributed by atoms with Crippen molar-refractivity contribution in [2.45, 2.75) is 6.54 Å². The molecular weight excluding hydrogens is 288 g/mol. The summed E-state index contributed by atoms with van der Waals surface area (Å²) >= 11 is 0. The molecule has 1 aliphatic heterocycles. The van der Waals surface area contributed by atoms with E-state index in [-0.39, 0.29) is 0 Å². The monoisotopic (exact) mass is 308 g/mol. The van der Waals surface area contributed by atoms with E-state index in [2.05, 4.69) is 44.3 Å². The zero-order chi connectivity index (χ0) is 16.1. The molecule has 1 aliphatic rings. The van der Waals surface area contributed by atoms with Crippen molar-refractivity contribution in [2.75, 3.05) is 43.4 Å². The molecule has 23 heavy (non-hydrogen) atoms. The lowest BCUT2D eigenvalue weighted by Crippen LogP contribution is -2.44. The fourth-order valence-electron chi connectivity index (χ4n) is 2.51. The number of nitriles is 1. The third-order valence-corrected chi connectivity index (χ3v) is 4.01. The number of nitrogens with zero attached hydrogens (tertiary/aromatic N) is 5. The normalized spacial score (nSPS) is 15.2. The minimum atomic E-state index is 0.425. The summed E-state index contributed by atoms with van der Waals surface area (Å²) in [7, 11) is 2.15. The average Bonchev–Trinajstić information content (AvgIpc) is 2.61. The van der Waals surface area contributed by atoms with Crippen molar-refractivity contribution >= 4 is 11.5 Å². The van der Waals surface area contributed by atoms with Crippen LogP contribution in [-0.2, 0) is 6.54 Å². The van der Waals surface area contributed by atoms with Crippen molar-refractivity contribution in [3.8, 4) is 6.07 Å². The van der Waals surface area contributed by atoms with Crippen LogP contribution in [0.3, 0.4) is 0 Å². The molecule has 0 amide bonds. The van der Waals surface area contributed by atoms with Crippen molar-refractivity contribution < 1.29 is 0 Å². The van der Waals surface area contributed by atoms with Gasteiger partial charge in [-0.3, -0.25) is 0 Å². The fourth-order valence-corrected chi connectivity index (χ4v) is 2.51. The summed E-state index contributed by atoms with van der Waals surface area (Å²) in [5.41, 5.74) is 2.44. The highest BCUT2D eigenvalue weighted by Gasteiger charge is 2.14. The highest BCUT2D eigenvalue weighted by Crippen LogP contribution is 2.14. The Labute approximate surface area is 136 Å². The summed E-state index contributed by atoms with van der Waals surface area (Å²) < 4.78 is 0. The number of hydrogen-bond donors (Lipinski definition) is 1. The lowest BCUT2D eigenvalue weighted by atomic mass is 10.2. The van der Waals surface area contributed by atoms with Gasteiger partial charge in [0.2, 0.25) is 0 Å². The molecule has 3 rings (SSSR count). The Morgan fingerprint density at radius 3 is 2.52 bits per heavy atom. The topological polar surface area (TPSA) is 68.1 Å². The SMILES string of the molecule is CN1CCN(c2ccc(CNc3ccc(C#N)nc3)cn2)CC1. The Balaban J connectivity index is 1.56. The number of rotatable bonds is 4. The van der Waals surface area contributed by atoms with Gasteiger partial charge in [0.15, 0.2) is 0 Å². The van der Waals surface area contributed by atoms with E-state index in [0.29, 0.717) is 12.2 Å². The molecule has 6 heteroatoms. The second-order valence-corrected chi connectivity index (χ2v) is 5.71. The smallest absolute Gasteiger partial charge is 0.140 e. The molecule has 3 heterocycles. The van der Waals surface area contributed by atoms with Gasteiger partial charge in [-0.2, -0.15) is 5.26 Å². The largest absolute Gasteiger partial charge is 0.380 e. The summed E-state index contributed by atoms with van der Waals surface area (Å²) in [6.07, 6.45) is 3.59. The molecule has 118 valence electrons. The van der Waals surface area contributed by atoms with Crippen molar-refractivity contribution in [1.29, 1.82) is 5.26 Å². The van der Waals surface area contributed by atoms with Gasteiger partial charge in [-0.15, -0.1) is 0 Å². The molecule has 1 fully saturated rings. The van der Waals surface area contributed by atoms with Crippen LogP contribution in [0.2, 0.25) is 0 Å². The second-order valence-electron chi connectivity index (χ2n) is 5.71. The molecular formula is C17H20N6. The average molecular weight is 308 g/mol. The van der Waals surface area contributed by atoms with Gasteiger partial charge in [-0.05, 0) is 30.8 Å². The molecule has 0 atom stereocenters. The van der Waals surface area contributed by atoms with Gasteiger partial charge in [0.1, 0.15) is 17.6 Å². The minimum Gasteiger partial charge on any atom is -0.380 e. The number of hydrogen-bond acceptors (Lipinski definition) is 6. The first-order chi connectivity index (χ1) is 11.2. The molecule has 1 saturated heterocycles. The van der Waals surface area contributed by atoms with E-state index < -0.39 is 0 Å². The molecule has 0 radical (unpaired) electrons.